The van der Waals surface area contributed by atoms with Crippen molar-refractivity contribution in [3.63, 3.8) is 0 Å². The molecule has 116 valence electrons. The van der Waals surface area contributed by atoms with E-state index in [0.29, 0.717) is 5.92 Å². The summed E-state index contributed by atoms with van der Waals surface area (Å²) in [7, 11) is 0. The van der Waals surface area contributed by atoms with Crippen LogP contribution in [0.3, 0.4) is 0 Å². The van der Waals surface area contributed by atoms with Crippen LogP contribution in [0, 0.1) is 12.8 Å². The average Bonchev–Trinajstić information content (AvgIpc) is 3.03. The van der Waals surface area contributed by atoms with Crippen molar-refractivity contribution in [1.29, 1.82) is 0 Å². The first kappa shape index (κ1) is 14.6. The normalized spacial score (nSPS) is 21.6. The van der Waals surface area contributed by atoms with Crippen molar-refractivity contribution in [2.75, 3.05) is 11.9 Å². The van der Waals surface area contributed by atoms with Crippen LogP contribution in [0.15, 0.2) is 41.3 Å². The highest BCUT2D eigenvalue weighted by Gasteiger charge is 2.32. The van der Waals surface area contributed by atoms with E-state index < -0.39 is 0 Å². The molecule has 1 fully saturated rings. The molecule has 0 bridgehead atoms. The molecule has 2 aromatic heterocycles. The number of nitrogens with one attached hydrogen (secondary N) is 1. The van der Waals surface area contributed by atoms with Gasteiger partial charge in [0.05, 0.1) is 12.3 Å². The fourth-order valence-corrected chi connectivity index (χ4v) is 2.94. The minimum atomic E-state index is -0.0809. The van der Waals surface area contributed by atoms with Gasteiger partial charge >= 0.3 is 6.03 Å². The zero-order valence-electron chi connectivity index (χ0n) is 13.0. The summed E-state index contributed by atoms with van der Waals surface area (Å²) in [6, 6.07) is 5.56. The SMILES string of the molecule is Cc1cnccc1NC(=O)N1CC[C@H](C)C[C@@H]1c1ccco1. The maximum Gasteiger partial charge on any atom is 0.322 e. The van der Waals surface area contributed by atoms with E-state index in [0.717, 1.165) is 36.4 Å². The molecule has 0 spiro atoms. The first-order chi connectivity index (χ1) is 10.6. The molecule has 1 aliphatic heterocycles. The highest BCUT2D eigenvalue weighted by molar-refractivity contribution is 5.90. The number of carbonyl (C=O) groups excluding carboxylic acids is 1. The monoisotopic (exact) mass is 299 g/mol. The van der Waals surface area contributed by atoms with E-state index in [2.05, 4.69) is 17.2 Å². The van der Waals surface area contributed by atoms with Crippen LogP contribution in [0.5, 0.6) is 0 Å². The minimum Gasteiger partial charge on any atom is -0.467 e. The van der Waals surface area contributed by atoms with Crippen LogP contribution >= 0.6 is 0 Å². The zero-order valence-corrected chi connectivity index (χ0v) is 13.0. The van der Waals surface area contributed by atoms with Crippen molar-refractivity contribution in [2.45, 2.75) is 32.7 Å². The number of likely N-dealkylation sites (tertiary alicyclic amines) is 1. The Bertz CT molecular complexity index is 639. The van der Waals surface area contributed by atoms with Crippen LogP contribution < -0.4 is 5.32 Å². The smallest absolute Gasteiger partial charge is 0.322 e. The highest BCUT2D eigenvalue weighted by atomic mass is 16.3. The van der Waals surface area contributed by atoms with Gasteiger partial charge in [0.2, 0.25) is 0 Å². The summed E-state index contributed by atoms with van der Waals surface area (Å²) < 4.78 is 5.54. The van der Waals surface area contributed by atoms with Crippen LogP contribution in [0.25, 0.3) is 0 Å². The first-order valence-electron chi connectivity index (χ1n) is 7.67. The quantitative estimate of drug-likeness (QED) is 0.912. The lowest BCUT2D eigenvalue weighted by molar-refractivity contribution is 0.129. The predicted octanol–water partition coefficient (Wildman–Crippen LogP) is 3.99. The number of hydrogen-bond donors (Lipinski definition) is 1. The number of pyridine rings is 1. The number of amides is 2. The van der Waals surface area contributed by atoms with Gasteiger partial charge in [0.25, 0.3) is 0 Å². The second kappa shape index (κ2) is 6.22. The lowest BCUT2D eigenvalue weighted by Gasteiger charge is -2.37. The maximum atomic E-state index is 12.7. The number of hydrogen-bond acceptors (Lipinski definition) is 3. The number of furan rings is 1. The molecule has 3 heterocycles. The standard InChI is InChI=1S/C17H21N3O2/c1-12-6-8-20(15(10-12)16-4-3-9-22-16)17(21)19-14-5-7-18-11-13(14)2/h3-5,7,9,11-12,15H,6,8,10H2,1-2H3,(H,18,19,21)/t12-,15+/m0/s1. The fraction of sp³-hybridized carbons (Fsp3) is 0.412. The van der Waals surface area contributed by atoms with Crippen molar-refractivity contribution in [3.8, 4) is 0 Å². The van der Waals surface area contributed by atoms with Gasteiger partial charge in [0.15, 0.2) is 0 Å². The molecule has 1 N–H and O–H groups in total. The largest absolute Gasteiger partial charge is 0.467 e. The van der Waals surface area contributed by atoms with E-state index in [1.165, 1.54) is 0 Å². The van der Waals surface area contributed by atoms with E-state index >= 15 is 0 Å². The summed E-state index contributed by atoms with van der Waals surface area (Å²) in [6.45, 7) is 4.89. The van der Waals surface area contributed by atoms with Gasteiger partial charge in [0.1, 0.15) is 5.76 Å². The third-order valence-corrected chi connectivity index (χ3v) is 4.26. The number of aromatic nitrogens is 1. The molecule has 2 aromatic rings. The van der Waals surface area contributed by atoms with Crippen molar-refractivity contribution in [3.05, 3.63) is 48.2 Å². The van der Waals surface area contributed by atoms with Gasteiger partial charge in [-0.3, -0.25) is 4.98 Å². The molecule has 2 amide bonds. The Kier molecular flexibility index (Phi) is 4.13. The van der Waals surface area contributed by atoms with Crippen molar-refractivity contribution in [2.24, 2.45) is 5.92 Å². The van der Waals surface area contributed by atoms with Crippen LogP contribution in [-0.4, -0.2) is 22.5 Å². The number of anilines is 1. The van der Waals surface area contributed by atoms with Gasteiger partial charge in [-0.15, -0.1) is 0 Å². The maximum absolute atomic E-state index is 12.7. The summed E-state index contributed by atoms with van der Waals surface area (Å²) in [4.78, 5) is 18.6. The molecule has 0 radical (unpaired) electrons. The molecule has 0 aromatic carbocycles. The Labute approximate surface area is 130 Å². The molecule has 5 heteroatoms. The van der Waals surface area contributed by atoms with E-state index in [4.69, 9.17) is 4.42 Å². The summed E-state index contributed by atoms with van der Waals surface area (Å²) in [5, 5.41) is 2.99. The van der Waals surface area contributed by atoms with Gasteiger partial charge in [-0.2, -0.15) is 0 Å². The molecule has 0 saturated carbocycles. The van der Waals surface area contributed by atoms with E-state index in [9.17, 15) is 4.79 Å². The molecule has 1 aliphatic rings. The van der Waals surface area contributed by atoms with E-state index in [1.54, 1.807) is 18.7 Å². The summed E-state index contributed by atoms with van der Waals surface area (Å²) in [5.41, 5.74) is 1.76. The number of urea groups is 1. The van der Waals surface area contributed by atoms with Crippen LogP contribution in [0.1, 0.15) is 37.1 Å². The van der Waals surface area contributed by atoms with Gasteiger partial charge in [-0.1, -0.05) is 6.92 Å². The fourth-order valence-electron chi connectivity index (χ4n) is 2.94. The molecular formula is C17H21N3O2. The third kappa shape index (κ3) is 2.98. The van der Waals surface area contributed by atoms with E-state index in [-0.39, 0.29) is 12.1 Å². The van der Waals surface area contributed by atoms with Crippen LogP contribution in [-0.2, 0) is 0 Å². The van der Waals surface area contributed by atoms with Crippen molar-refractivity contribution >= 4 is 11.7 Å². The first-order valence-corrected chi connectivity index (χ1v) is 7.67. The predicted molar refractivity (Wildman–Crippen MR) is 84.5 cm³/mol. The number of nitrogens with zero attached hydrogens (tertiary/aromatic N) is 2. The average molecular weight is 299 g/mol. The molecule has 3 rings (SSSR count). The Morgan fingerprint density at radius 3 is 3.05 bits per heavy atom. The Morgan fingerprint density at radius 1 is 1.45 bits per heavy atom. The molecule has 2 atom stereocenters. The van der Waals surface area contributed by atoms with Crippen molar-refractivity contribution < 1.29 is 9.21 Å². The lowest BCUT2D eigenvalue weighted by atomic mass is 9.91. The van der Waals surface area contributed by atoms with Crippen molar-refractivity contribution in [1.82, 2.24) is 9.88 Å². The van der Waals surface area contributed by atoms with Gasteiger partial charge in [-0.25, -0.2) is 4.79 Å². The number of rotatable bonds is 2. The molecule has 1 saturated heterocycles. The zero-order chi connectivity index (χ0) is 15.5. The van der Waals surface area contributed by atoms with Crippen LogP contribution in [0.2, 0.25) is 0 Å². The molecule has 0 unspecified atom stereocenters. The Balaban J connectivity index is 1.79. The number of piperidine rings is 1. The second-order valence-electron chi connectivity index (χ2n) is 5.97. The lowest BCUT2D eigenvalue weighted by Crippen LogP contribution is -2.42. The van der Waals surface area contributed by atoms with E-state index in [1.807, 2.05) is 30.0 Å². The van der Waals surface area contributed by atoms with Gasteiger partial charge < -0.3 is 14.6 Å². The Morgan fingerprint density at radius 2 is 2.32 bits per heavy atom. The van der Waals surface area contributed by atoms with Crippen LogP contribution in [0.4, 0.5) is 10.5 Å². The molecular weight excluding hydrogens is 278 g/mol. The summed E-state index contributed by atoms with van der Waals surface area (Å²) >= 11 is 0. The summed E-state index contributed by atoms with van der Waals surface area (Å²) in [6.07, 6.45) is 7.04. The van der Waals surface area contributed by atoms with Gasteiger partial charge in [-0.05, 0) is 49.4 Å². The number of carbonyl (C=O) groups is 1. The molecule has 5 nitrogen and oxygen atoms in total. The topological polar surface area (TPSA) is 58.4 Å². The summed E-state index contributed by atoms with van der Waals surface area (Å²) in [5.74, 6) is 1.44. The Hall–Kier alpha value is -2.30. The highest BCUT2D eigenvalue weighted by Crippen LogP contribution is 2.34. The number of aryl methyl sites for hydroxylation is 1. The second-order valence-corrected chi connectivity index (χ2v) is 5.97. The molecule has 0 aliphatic carbocycles. The molecule has 22 heavy (non-hydrogen) atoms. The minimum absolute atomic E-state index is 0.000827. The van der Waals surface area contributed by atoms with Gasteiger partial charge in [0, 0.05) is 24.6 Å². The third-order valence-electron chi connectivity index (χ3n) is 4.26.